The molecule has 0 aromatic heterocycles. The predicted molar refractivity (Wildman–Crippen MR) is 399 cm³/mol. The first-order valence-electron chi connectivity index (χ1n) is 37.3. The summed E-state index contributed by atoms with van der Waals surface area (Å²) in [6.07, 6.45) is -31.2. The number of carbonyl (C=O) groups excluding carboxylic acids is 3. The Hall–Kier alpha value is -7.75. The summed E-state index contributed by atoms with van der Waals surface area (Å²) >= 11 is 0. The Labute approximate surface area is 665 Å². The molecule has 1 saturated carbocycles. The van der Waals surface area contributed by atoms with E-state index < -0.39 is 160 Å². The van der Waals surface area contributed by atoms with E-state index >= 15 is 0 Å². The average molecular weight is 1690 g/mol. The molecule has 6 rings (SSSR count). The van der Waals surface area contributed by atoms with Crippen molar-refractivity contribution in [2.45, 2.75) is 291 Å². The van der Waals surface area contributed by atoms with Gasteiger partial charge in [0.25, 0.3) is 0 Å². The zero-order valence-corrected chi connectivity index (χ0v) is 68.5. The lowest BCUT2D eigenvalue weighted by Crippen LogP contribution is -2.57. The second-order valence-electron chi connectivity index (χ2n) is 31.4. The molecule has 0 saturated heterocycles. The SMILES string of the molecule is CC(C(=O)OC(C)C(F)(F)F)C(C)c1ccc(O)cc1.CCC(C)(C)C(=O)OC1CC(C(C)(O)C(F)(F)F)CC(C(C)(O)C(F)(F)F)C1.CCC(C)(C)C(=O)Oc1cc(C(C)(O)C(F)(F)F)cc(C(C)(O)C(F)(F)F)c1.CCC(C)c1ccc(C(C)(O)C(F)(F)F)cc1.CCC(C)c1ccc(O)c(O)c1.CCC(C)c1ccc(O)cc1. The van der Waals surface area contributed by atoms with Gasteiger partial charge in [0.2, 0.25) is 0 Å². The summed E-state index contributed by atoms with van der Waals surface area (Å²) in [5.74, 6) is -5.92. The van der Waals surface area contributed by atoms with Gasteiger partial charge in [-0.15, -0.1) is 0 Å². The Morgan fingerprint density at radius 3 is 1.05 bits per heavy atom. The third-order valence-corrected chi connectivity index (χ3v) is 21.6. The number of halogens is 18. The van der Waals surface area contributed by atoms with Gasteiger partial charge in [0, 0.05) is 11.8 Å². The highest BCUT2D eigenvalue weighted by Crippen LogP contribution is 2.52. The Morgan fingerprint density at radius 1 is 0.397 bits per heavy atom. The van der Waals surface area contributed by atoms with Crippen molar-refractivity contribution in [1.82, 2.24) is 0 Å². The molecule has 9 N–H and O–H groups in total. The van der Waals surface area contributed by atoms with Crippen molar-refractivity contribution in [3.05, 3.63) is 148 Å². The number of rotatable bonds is 21. The number of benzene rings is 5. The van der Waals surface area contributed by atoms with Gasteiger partial charge in [-0.05, 0) is 238 Å². The topological polar surface area (TPSA) is 261 Å². The van der Waals surface area contributed by atoms with Gasteiger partial charge in [0.05, 0.1) is 16.7 Å². The van der Waals surface area contributed by atoms with E-state index in [0.29, 0.717) is 82.2 Å². The van der Waals surface area contributed by atoms with Gasteiger partial charge in [-0.25, -0.2) is 0 Å². The van der Waals surface area contributed by atoms with Crippen LogP contribution in [0.4, 0.5) is 79.0 Å². The van der Waals surface area contributed by atoms with E-state index in [9.17, 15) is 129 Å². The van der Waals surface area contributed by atoms with Crippen LogP contribution in [0.2, 0.25) is 0 Å². The monoisotopic (exact) mass is 1690 g/mol. The van der Waals surface area contributed by atoms with Crippen LogP contribution in [-0.2, 0) is 40.7 Å². The number of aromatic hydroxyl groups is 4. The molecule has 13 unspecified atom stereocenters. The van der Waals surface area contributed by atoms with E-state index in [-0.39, 0.29) is 28.7 Å². The van der Waals surface area contributed by atoms with Gasteiger partial charge in [-0.1, -0.05) is 124 Å². The zero-order chi connectivity index (χ0) is 90.9. The normalized spacial score (nSPS) is 19.2. The van der Waals surface area contributed by atoms with Crippen molar-refractivity contribution in [2.75, 3.05) is 0 Å². The average Bonchev–Trinajstić information content (AvgIpc) is 0.765. The predicted octanol–water partition coefficient (Wildman–Crippen LogP) is 22.1. The van der Waals surface area contributed by atoms with E-state index in [1.807, 2.05) is 32.0 Å². The minimum atomic E-state index is -5.24. The lowest BCUT2D eigenvalue weighted by Gasteiger charge is -2.46. The Balaban J connectivity index is 0.000000717. The molecule has 660 valence electrons. The molecule has 0 aliphatic heterocycles. The van der Waals surface area contributed by atoms with E-state index in [4.69, 9.17) is 19.7 Å². The maximum absolute atomic E-state index is 13.3. The van der Waals surface area contributed by atoms with Crippen LogP contribution < -0.4 is 4.74 Å². The quantitative estimate of drug-likeness (QED) is 0.0143. The number of hydrogen-bond donors (Lipinski definition) is 9. The van der Waals surface area contributed by atoms with Crippen LogP contribution in [0.5, 0.6) is 28.7 Å². The molecule has 0 amide bonds. The fraction of sp³-hybridized carbons (Fsp3) is 0.602. The molecular formula is C83H112F18O15. The van der Waals surface area contributed by atoms with Gasteiger partial charge in [0.1, 0.15) is 23.4 Å². The largest absolute Gasteiger partial charge is 0.508 e. The van der Waals surface area contributed by atoms with E-state index in [1.165, 1.54) is 56.7 Å². The van der Waals surface area contributed by atoms with Gasteiger partial charge in [-0.3, -0.25) is 14.4 Å². The molecule has 0 heterocycles. The Morgan fingerprint density at radius 2 is 0.724 bits per heavy atom. The van der Waals surface area contributed by atoms with E-state index in [1.54, 1.807) is 77.1 Å². The van der Waals surface area contributed by atoms with Crippen molar-refractivity contribution in [3.8, 4) is 28.7 Å². The molecule has 1 aliphatic carbocycles. The molecular weight excluding hydrogens is 1580 g/mol. The molecule has 5 aromatic rings. The standard InChI is InChI=1S/C18H28F6O4.C18H22F6O4.C14H17F3O3.C13H17F3O.C10H14O2.C10H14O/c2*1-6-14(2,3)13(25)28-12-8-10(15(4,26)17(19,20)21)7-11(9-12)16(5,27)18(22,23)24;1-8(11-4-6-12(18)7-5-11)9(2)13(19)20-10(3)14(15,16)17;1-4-9(2)10-5-7-11(8-6-10)12(3,17)13(14,15)16;1-3-7(2)8-4-5-9(11)10(12)6-8;1-3-8(2)9-4-6-10(11)7-5-9/h10-12,26-27H,6-9H2,1-5H3;7-9,26-27H,6H2,1-5H3;4-10,18H,1-3H3;5-9,17H,4H2,1-3H3;4-7,11-12H,3H2,1-2H3;4-8,11H,3H2,1-2H3. The van der Waals surface area contributed by atoms with E-state index in [2.05, 4.69) is 32.4 Å². The number of phenols is 4. The summed E-state index contributed by atoms with van der Waals surface area (Å²) in [6, 6.07) is 26.2. The summed E-state index contributed by atoms with van der Waals surface area (Å²) < 4.78 is 248. The molecule has 116 heavy (non-hydrogen) atoms. The molecule has 1 fully saturated rings. The maximum atomic E-state index is 13.3. The first-order chi connectivity index (χ1) is 52.2. The molecule has 0 spiro atoms. The summed E-state index contributed by atoms with van der Waals surface area (Å²) in [7, 11) is 0. The molecule has 1 aliphatic rings. The van der Waals surface area contributed by atoms with Crippen LogP contribution in [0, 0.1) is 28.6 Å². The smallest absolute Gasteiger partial charge is 0.425 e. The Kier molecular flexibility index (Phi) is 37.8. The lowest BCUT2D eigenvalue weighted by atomic mass is 9.67. The minimum Gasteiger partial charge on any atom is -0.508 e. The van der Waals surface area contributed by atoms with E-state index in [0.717, 1.165) is 49.8 Å². The zero-order valence-electron chi connectivity index (χ0n) is 68.5. The summed E-state index contributed by atoms with van der Waals surface area (Å²) in [5.41, 5.74) is -16.6. The molecule has 15 nitrogen and oxygen atoms in total. The highest BCUT2D eigenvalue weighted by Gasteiger charge is 2.62. The van der Waals surface area contributed by atoms with Crippen LogP contribution in [0.3, 0.4) is 0 Å². The second kappa shape index (κ2) is 41.3. The van der Waals surface area contributed by atoms with Gasteiger partial charge in [-0.2, -0.15) is 79.0 Å². The second-order valence-corrected chi connectivity index (χ2v) is 31.4. The molecule has 0 bridgehead atoms. The Bertz CT molecular complexity index is 3780. The number of carbonyl (C=O) groups is 3. The number of hydrogen-bond acceptors (Lipinski definition) is 15. The summed E-state index contributed by atoms with van der Waals surface area (Å²) in [4.78, 5) is 36.2. The number of aliphatic hydroxyl groups is 5. The van der Waals surface area contributed by atoms with Gasteiger partial charge >= 0.3 is 55.0 Å². The van der Waals surface area contributed by atoms with Crippen molar-refractivity contribution >= 4 is 17.9 Å². The van der Waals surface area contributed by atoms with Crippen LogP contribution in [0.25, 0.3) is 0 Å². The summed E-state index contributed by atoms with van der Waals surface area (Å²) in [6.45, 7) is 28.4. The fourth-order valence-corrected chi connectivity index (χ4v) is 10.4. The third-order valence-electron chi connectivity index (χ3n) is 21.6. The van der Waals surface area contributed by atoms with Crippen LogP contribution in [0.15, 0.2) is 109 Å². The van der Waals surface area contributed by atoms with Crippen LogP contribution >= 0.6 is 0 Å². The third kappa shape index (κ3) is 29.4. The van der Waals surface area contributed by atoms with Gasteiger partial charge in [0.15, 0.2) is 45.6 Å². The number of ether oxygens (including phenoxy) is 3. The summed E-state index contributed by atoms with van der Waals surface area (Å²) in [5, 5.41) is 85.6. The van der Waals surface area contributed by atoms with Crippen LogP contribution in [0.1, 0.15) is 252 Å². The fourth-order valence-electron chi connectivity index (χ4n) is 10.4. The van der Waals surface area contributed by atoms with Crippen LogP contribution in [-0.4, -0.2) is 124 Å². The highest BCUT2D eigenvalue weighted by atomic mass is 19.4. The van der Waals surface area contributed by atoms with Crippen molar-refractivity contribution in [1.29, 1.82) is 0 Å². The minimum absolute atomic E-state index is 0.0344. The molecule has 5 aromatic carbocycles. The molecule has 33 heteroatoms. The lowest BCUT2D eigenvalue weighted by molar-refractivity contribution is -0.299. The van der Waals surface area contributed by atoms with Crippen molar-refractivity contribution in [2.24, 2.45) is 28.6 Å². The number of phenolic OH excluding ortho intramolecular Hbond substituents is 4. The number of alkyl halides is 18. The van der Waals surface area contributed by atoms with Crippen molar-refractivity contribution < 1.29 is 154 Å². The highest BCUT2D eigenvalue weighted by molar-refractivity contribution is 5.78. The van der Waals surface area contributed by atoms with Crippen molar-refractivity contribution in [3.63, 3.8) is 0 Å². The first-order valence-corrected chi connectivity index (χ1v) is 37.3. The number of esters is 3. The molecule has 13 atom stereocenters. The maximum Gasteiger partial charge on any atom is 0.425 e. The first kappa shape index (κ1) is 106. The van der Waals surface area contributed by atoms with Gasteiger partial charge < -0.3 is 60.2 Å². The molecule has 0 radical (unpaired) electrons.